The van der Waals surface area contributed by atoms with Gasteiger partial charge in [0.05, 0.1) is 6.10 Å². The van der Waals surface area contributed by atoms with Gasteiger partial charge in [0.1, 0.15) is 0 Å². The van der Waals surface area contributed by atoms with Gasteiger partial charge in [-0.2, -0.15) is 0 Å². The highest BCUT2D eigenvalue weighted by Gasteiger charge is 2.56. The van der Waals surface area contributed by atoms with Crippen LogP contribution < -0.4 is 5.73 Å². The van der Waals surface area contributed by atoms with E-state index in [0.717, 1.165) is 6.42 Å². The maximum Gasteiger partial charge on any atom is 0.0657 e. The highest BCUT2D eigenvalue weighted by molar-refractivity contribution is 5.10. The van der Waals surface area contributed by atoms with Crippen LogP contribution in [0.25, 0.3) is 0 Å². The zero-order chi connectivity index (χ0) is 7.19. The average molecular weight is 141 g/mol. The lowest BCUT2D eigenvalue weighted by atomic mass is 9.51. The van der Waals surface area contributed by atoms with Crippen LogP contribution in [0, 0.1) is 5.41 Å². The average Bonchev–Trinajstić information content (AvgIpc) is 1.78. The lowest BCUT2D eigenvalue weighted by molar-refractivity contribution is -0.151. The zero-order valence-corrected chi connectivity index (χ0v) is 6.47. The monoisotopic (exact) mass is 141 g/mol. The molecule has 0 unspecified atom stereocenters. The summed E-state index contributed by atoms with van der Waals surface area (Å²) in [4.78, 5) is 0. The Morgan fingerprint density at radius 2 is 2.20 bits per heavy atom. The highest BCUT2D eigenvalue weighted by atomic mass is 16.5. The van der Waals surface area contributed by atoms with Crippen LogP contribution in [0.3, 0.4) is 0 Å². The van der Waals surface area contributed by atoms with E-state index < -0.39 is 0 Å². The Hall–Kier alpha value is -0.0800. The van der Waals surface area contributed by atoms with Crippen LogP contribution in [-0.2, 0) is 4.74 Å². The van der Waals surface area contributed by atoms with Gasteiger partial charge in [0.15, 0.2) is 0 Å². The fourth-order valence-electron chi connectivity index (χ4n) is 2.39. The van der Waals surface area contributed by atoms with E-state index in [1.54, 1.807) is 7.11 Å². The number of hydrogen-bond donors (Lipinski definition) is 1. The summed E-state index contributed by atoms with van der Waals surface area (Å²) in [6.07, 6.45) is 5.51. The second-order valence-electron chi connectivity index (χ2n) is 3.65. The SMILES string of the molecule is CO[C@H]1C[C@H](N)C12CCC2. The maximum atomic E-state index is 5.90. The maximum absolute atomic E-state index is 5.90. The van der Waals surface area contributed by atoms with Crippen molar-refractivity contribution in [2.45, 2.75) is 37.8 Å². The van der Waals surface area contributed by atoms with E-state index >= 15 is 0 Å². The molecule has 0 radical (unpaired) electrons. The lowest BCUT2D eigenvalue weighted by Gasteiger charge is -2.59. The summed E-state index contributed by atoms with van der Waals surface area (Å²) >= 11 is 0. The van der Waals surface area contributed by atoms with Gasteiger partial charge in [-0.3, -0.25) is 0 Å². The van der Waals surface area contributed by atoms with Gasteiger partial charge in [-0.05, 0) is 19.3 Å². The van der Waals surface area contributed by atoms with Crippen molar-refractivity contribution in [3.8, 4) is 0 Å². The molecule has 0 aromatic rings. The van der Waals surface area contributed by atoms with Crippen LogP contribution in [0.1, 0.15) is 25.7 Å². The van der Waals surface area contributed by atoms with Gasteiger partial charge in [0.2, 0.25) is 0 Å². The van der Waals surface area contributed by atoms with Crippen molar-refractivity contribution in [2.75, 3.05) is 7.11 Å². The van der Waals surface area contributed by atoms with E-state index in [4.69, 9.17) is 10.5 Å². The van der Waals surface area contributed by atoms with Crippen LogP contribution in [0.5, 0.6) is 0 Å². The molecule has 2 saturated carbocycles. The van der Waals surface area contributed by atoms with Gasteiger partial charge in [0.25, 0.3) is 0 Å². The molecule has 2 N–H and O–H groups in total. The molecule has 2 aliphatic carbocycles. The first-order valence-corrected chi connectivity index (χ1v) is 4.08. The number of methoxy groups -OCH3 is 1. The van der Waals surface area contributed by atoms with E-state index in [2.05, 4.69) is 0 Å². The first-order valence-electron chi connectivity index (χ1n) is 4.08. The number of nitrogens with two attached hydrogens (primary N) is 1. The van der Waals surface area contributed by atoms with E-state index in [1.165, 1.54) is 19.3 Å². The minimum Gasteiger partial charge on any atom is -0.381 e. The summed E-state index contributed by atoms with van der Waals surface area (Å²) in [5.74, 6) is 0. The van der Waals surface area contributed by atoms with Gasteiger partial charge in [-0.15, -0.1) is 0 Å². The zero-order valence-electron chi connectivity index (χ0n) is 6.47. The van der Waals surface area contributed by atoms with Crippen LogP contribution in [0.4, 0.5) is 0 Å². The lowest BCUT2D eigenvalue weighted by Crippen LogP contribution is -2.65. The summed E-state index contributed by atoms with van der Waals surface area (Å²) in [6.45, 7) is 0. The molecule has 58 valence electrons. The molecule has 0 aromatic carbocycles. The molecule has 2 rings (SSSR count). The van der Waals surface area contributed by atoms with Crippen LogP contribution in [0.15, 0.2) is 0 Å². The molecule has 0 heterocycles. The van der Waals surface area contributed by atoms with Gasteiger partial charge in [-0.1, -0.05) is 6.42 Å². The molecule has 2 fully saturated rings. The largest absolute Gasteiger partial charge is 0.381 e. The summed E-state index contributed by atoms with van der Waals surface area (Å²) in [5, 5.41) is 0. The second-order valence-corrected chi connectivity index (χ2v) is 3.65. The van der Waals surface area contributed by atoms with Crippen molar-refractivity contribution in [1.82, 2.24) is 0 Å². The topological polar surface area (TPSA) is 35.2 Å². The van der Waals surface area contributed by atoms with E-state index in [0.29, 0.717) is 17.6 Å². The molecule has 0 amide bonds. The first-order chi connectivity index (χ1) is 4.79. The van der Waals surface area contributed by atoms with Gasteiger partial charge in [0, 0.05) is 18.6 Å². The van der Waals surface area contributed by atoms with Crippen molar-refractivity contribution < 1.29 is 4.74 Å². The van der Waals surface area contributed by atoms with Crippen molar-refractivity contribution in [3.05, 3.63) is 0 Å². The van der Waals surface area contributed by atoms with E-state index in [1.807, 2.05) is 0 Å². The minimum absolute atomic E-state index is 0.425. The van der Waals surface area contributed by atoms with Crippen LogP contribution in [-0.4, -0.2) is 19.3 Å². The third kappa shape index (κ3) is 0.565. The fraction of sp³-hybridized carbons (Fsp3) is 1.00. The van der Waals surface area contributed by atoms with Crippen molar-refractivity contribution >= 4 is 0 Å². The normalized spacial score (nSPS) is 42.6. The predicted octanol–water partition coefficient (Wildman–Crippen LogP) is 0.903. The Labute approximate surface area is 61.7 Å². The summed E-state index contributed by atoms with van der Waals surface area (Å²) in [5.41, 5.74) is 6.33. The Morgan fingerprint density at radius 3 is 2.40 bits per heavy atom. The second kappa shape index (κ2) is 1.95. The van der Waals surface area contributed by atoms with Gasteiger partial charge in [-0.25, -0.2) is 0 Å². The van der Waals surface area contributed by atoms with Gasteiger partial charge >= 0.3 is 0 Å². The molecule has 1 spiro atoms. The minimum atomic E-state index is 0.425. The number of hydrogen-bond acceptors (Lipinski definition) is 2. The smallest absolute Gasteiger partial charge is 0.0657 e. The van der Waals surface area contributed by atoms with E-state index in [-0.39, 0.29) is 0 Å². The summed E-state index contributed by atoms with van der Waals surface area (Å²) in [7, 11) is 1.80. The molecule has 10 heavy (non-hydrogen) atoms. The fourth-order valence-corrected chi connectivity index (χ4v) is 2.39. The summed E-state index contributed by atoms with van der Waals surface area (Å²) in [6, 6.07) is 0.436. The van der Waals surface area contributed by atoms with Gasteiger partial charge < -0.3 is 10.5 Å². The Balaban J connectivity index is 2.03. The molecular weight excluding hydrogens is 126 g/mol. The third-order valence-electron chi connectivity index (χ3n) is 3.42. The van der Waals surface area contributed by atoms with Crippen LogP contribution in [0.2, 0.25) is 0 Å². The van der Waals surface area contributed by atoms with Crippen molar-refractivity contribution in [1.29, 1.82) is 0 Å². The molecule has 0 saturated heterocycles. The first kappa shape index (κ1) is 6.62. The quantitative estimate of drug-likeness (QED) is 0.589. The molecule has 2 atom stereocenters. The highest BCUT2D eigenvalue weighted by Crippen LogP contribution is 2.56. The predicted molar refractivity (Wildman–Crippen MR) is 39.7 cm³/mol. The Bertz CT molecular complexity index is 142. The molecular formula is C8H15NO. The Kier molecular flexibility index (Phi) is 1.29. The van der Waals surface area contributed by atoms with Crippen molar-refractivity contribution in [2.24, 2.45) is 11.1 Å². The summed E-state index contributed by atoms with van der Waals surface area (Å²) < 4.78 is 5.33. The standard InChI is InChI=1S/C8H15NO/c1-10-7-5-6(9)8(7)3-2-4-8/h6-7H,2-5,9H2,1H3/t6-,7-/m0/s1. The molecule has 2 aliphatic rings. The molecule has 2 nitrogen and oxygen atoms in total. The molecule has 0 aromatic heterocycles. The number of rotatable bonds is 1. The van der Waals surface area contributed by atoms with Crippen LogP contribution >= 0.6 is 0 Å². The number of ether oxygens (including phenoxy) is 1. The third-order valence-corrected chi connectivity index (χ3v) is 3.42. The van der Waals surface area contributed by atoms with E-state index in [9.17, 15) is 0 Å². The molecule has 0 bridgehead atoms. The van der Waals surface area contributed by atoms with Crippen molar-refractivity contribution in [3.63, 3.8) is 0 Å². The molecule has 2 heteroatoms. The Morgan fingerprint density at radius 1 is 1.50 bits per heavy atom. The molecule has 0 aliphatic heterocycles.